The van der Waals surface area contributed by atoms with Gasteiger partial charge in [-0.05, 0) is 44.9 Å². The quantitative estimate of drug-likeness (QED) is 0.893. The van der Waals surface area contributed by atoms with Crippen molar-refractivity contribution in [1.82, 2.24) is 10.1 Å². The maximum absolute atomic E-state index is 12.6. The van der Waals surface area contributed by atoms with Gasteiger partial charge in [0.15, 0.2) is 10.9 Å². The second kappa shape index (κ2) is 5.98. The smallest absolute Gasteiger partial charge is 0.261 e. The Balaban J connectivity index is 1.52. The van der Waals surface area contributed by atoms with Crippen molar-refractivity contribution in [2.24, 2.45) is 0 Å². The lowest BCUT2D eigenvalue weighted by molar-refractivity contribution is -0.112. The molecule has 0 saturated heterocycles. The number of allylic oxidation sites excluding steroid dienone is 1. The fourth-order valence-electron chi connectivity index (χ4n) is 3.42. The number of nitrogens with one attached hydrogen (secondary N) is 1. The summed E-state index contributed by atoms with van der Waals surface area (Å²) >= 11 is 1.47. The summed E-state index contributed by atoms with van der Waals surface area (Å²) in [5.74, 6) is 1.69. The Morgan fingerprint density at radius 1 is 1.28 bits per heavy atom. The molecule has 2 aromatic heterocycles. The third-order valence-corrected chi connectivity index (χ3v) is 5.99. The Morgan fingerprint density at radius 3 is 3.00 bits per heavy atom. The van der Waals surface area contributed by atoms with Crippen LogP contribution in [0.2, 0.25) is 0 Å². The molecule has 1 fully saturated rings. The number of hydrogen-bond acceptors (Lipinski definition) is 6. The van der Waals surface area contributed by atoms with Gasteiger partial charge in [-0.25, -0.2) is 0 Å². The first kappa shape index (κ1) is 15.1. The molecule has 1 amide bonds. The van der Waals surface area contributed by atoms with Crippen LogP contribution in [-0.2, 0) is 11.2 Å². The van der Waals surface area contributed by atoms with Crippen molar-refractivity contribution in [3.63, 3.8) is 0 Å². The van der Waals surface area contributed by atoms with E-state index in [9.17, 15) is 4.79 Å². The topological polar surface area (TPSA) is 77.3 Å². The summed E-state index contributed by atoms with van der Waals surface area (Å²) in [5.41, 5.74) is 2.80. The Hall–Kier alpha value is -2.15. The molecule has 7 heteroatoms. The summed E-state index contributed by atoms with van der Waals surface area (Å²) in [6.07, 6.45) is 9.01. The van der Waals surface area contributed by atoms with Gasteiger partial charge in [0, 0.05) is 17.1 Å². The molecule has 130 valence electrons. The van der Waals surface area contributed by atoms with Crippen LogP contribution in [0.25, 0.3) is 11.5 Å². The standard InChI is InChI=1S/C18H19N3O3S/c22-15(11-4-1-2-5-11)20-17-13(12-6-3-9-23-18(12)25-17)16-19-14(21-24-16)10-7-8-10/h4,10H,1-3,5-9H2,(H,20,22). The molecule has 5 rings (SSSR count). The summed E-state index contributed by atoms with van der Waals surface area (Å²) in [5, 5.41) is 8.82. The van der Waals surface area contributed by atoms with Crippen LogP contribution in [0.15, 0.2) is 16.2 Å². The number of hydrogen-bond donors (Lipinski definition) is 1. The van der Waals surface area contributed by atoms with Crippen molar-refractivity contribution in [3.8, 4) is 16.5 Å². The zero-order chi connectivity index (χ0) is 16.8. The van der Waals surface area contributed by atoms with Crippen LogP contribution >= 0.6 is 11.3 Å². The van der Waals surface area contributed by atoms with Crippen LogP contribution in [-0.4, -0.2) is 22.7 Å². The lowest BCUT2D eigenvalue weighted by Gasteiger charge is -2.12. The van der Waals surface area contributed by atoms with E-state index < -0.39 is 0 Å². The molecule has 0 unspecified atom stereocenters. The van der Waals surface area contributed by atoms with Gasteiger partial charge in [0.05, 0.1) is 12.2 Å². The number of rotatable bonds is 4. The van der Waals surface area contributed by atoms with E-state index in [0.29, 0.717) is 18.4 Å². The lowest BCUT2D eigenvalue weighted by atomic mass is 10.1. The number of carbonyl (C=O) groups is 1. The average molecular weight is 357 g/mol. The predicted molar refractivity (Wildman–Crippen MR) is 94.0 cm³/mol. The van der Waals surface area contributed by atoms with E-state index in [1.165, 1.54) is 11.3 Å². The monoisotopic (exact) mass is 357 g/mol. The van der Waals surface area contributed by atoms with Crippen molar-refractivity contribution >= 4 is 22.2 Å². The van der Waals surface area contributed by atoms with Crippen LogP contribution < -0.4 is 10.1 Å². The fourth-order valence-corrected chi connectivity index (χ4v) is 4.53. The lowest BCUT2D eigenvalue weighted by Crippen LogP contribution is -2.13. The van der Waals surface area contributed by atoms with Crippen molar-refractivity contribution < 1.29 is 14.1 Å². The second-order valence-corrected chi connectivity index (χ2v) is 7.82. The fraction of sp³-hybridized carbons (Fsp3) is 0.500. The molecule has 2 aromatic rings. The molecule has 0 atom stereocenters. The van der Waals surface area contributed by atoms with Crippen LogP contribution in [0.1, 0.15) is 55.8 Å². The van der Waals surface area contributed by atoms with Crippen molar-refractivity contribution in [1.29, 1.82) is 0 Å². The summed E-state index contributed by atoms with van der Waals surface area (Å²) in [7, 11) is 0. The molecule has 0 aromatic carbocycles. The highest BCUT2D eigenvalue weighted by Crippen LogP contribution is 2.48. The number of thiophene rings is 1. The maximum atomic E-state index is 12.6. The van der Waals surface area contributed by atoms with Gasteiger partial charge in [0.25, 0.3) is 11.8 Å². The highest BCUT2D eigenvalue weighted by molar-refractivity contribution is 7.19. The molecule has 3 aliphatic rings. The molecule has 0 spiro atoms. The normalized spacial score (nSPS) is 19.3. The Kier molecular flexibility index (Phi) is 3.62. The minimum absolute atomic E-state index is 0.0284. The van der Waals surface area contributed by atoms with E-state index in [-0.39, 0.29) is 5.91 Å². The van der Waals surface area contributed by atoms with E-state index >= 15 is 0 Å². The van der Waals surface area contributed by atoms with Gasteiger partial charge in [0.1, 0.15) is 5.00 Å². The molecule has 6 nitrogen and oxygen atoms in total. The van der Waals surface area contributed by atoms with Crippen LogP contribution in [0.3, 0.4) is 0 Å². The Labute approximate surface area is 149 Å². The number of carbonyl (C=O) groups excluding carboxylic acids is 1. The molecule has 1 N–H and O–H groups in total. The number of nitrogens with zero attached hydrogens (tertiary/aromatic N) is 2. The second-order valence-electron chi connectivity index (χ2n) is 6.83. The number of anilines is 1. The van der Waals surface area contributed by atoms with E-state index in [4.69, 9.17) is 9.26 Å². The molecular formula is C18H19N3O3S. The van der Waals surface area contributed by atoms with Gasteiger partial charge in [0.2, 0.25) is 0 Å². The molecule has 1 aliphatic heterocycles. The predicted octanol–water partition coefficient (Wildman–Crippen LogP) is 4.05. The van der Waals surface area contributed by atoms with Gasteiger partial charge < -0.3 is 14.6 Å². The largest absolute Gasteiger partial charge is 0.484 e. The van der Waals surface area contributed by atoms with Gasteiger partial charge in [-0.2, -0.15) is 4.98 Å². The van der Waals surface area contributed by atoms with Crippen LogP contribution in [0.4, 0.5) is 5.00 Å². The van der Waals surface area contributed by atoms with Gasteiger partial charge in [-0.1, -0.05) is 22.6 Å². The first-order valence-corrected chi connectivity index (χ1v) is 9.74. The first-order chi connectivity index (χ1) is 12.3. The number of amides is 1. The van der Waals surface area contributed by atoms with E-state index in [0.717, 1.165) is 77.5 Å². The highest BCUT2D eigenvalue weighted by atomic mass is 32.1. The zero-order valence-electron chi connectivity index (χ0n) is 13.8. The molecule has 0 radical (unpaired) electrons. The third-order valence-electron chi connectivity index (χ3n) is 4.93. The molecular weight excluding hydrogens is 338 g/mol. The Morgan fingerprint density at radius 2 is 2.20 bits per heavy atom. The SMILES string of the molecule is O=C(Nc1sc2c(c1-c1nc(C3CC3)no1)CCCO2)C1=CCCC1. The van der Waals surface area contributed by atoms with Gasteiger partial charge in [-0.15, -0.1) is 0 Å². The number of aromatic nitrogens is 2. The zero-order valence-corrected chi connectivity index (χ0v) is 14.7. The number of fused-ring (bicyclic) bond motifs is 1. The van der Waals surface area contributed by atoms with Gasteiger partial charge in [-0.3, -0.25) is 4.79 Å². The van der Waals surface area contributed by atoms with E-state index in [1.54, 1.807) is 0 Å². The van der Waals surface area contributed by atoms with E-state index in [2.05, 4.69) is 15.5 Å². The van der Waals surface area contributed by atoms with Crippen molar-refractivity contribution in [3.05, 3.63) is 23.0 Å². The highest BCUT2D eigenvalue weighted by Gasteiger charge is 2.32. The summed E-state index contributed by atoms with van der Waals surface area (Å²) < 4.78 is 11.4. The Bertz CT molecular complexity index is 863. The van der Waals surface area contributed by atoms with E-state index in [1.807, 2.05) is 6.08 Å². The van der Waals surface area contributed by atoms with Gasteiger partial charge >= 0.3 is 0 Å². The molecule has 0 bridgehead atoms. The molecule has 3 heterocycles. The van der Waals surface area contributed by atoms with Crippen LogP contribution in [0.5, 0.6) is 5.06 Å². The molecule has 25 heavy (non-hydrogen) atoms. The summed E-state index contributed by atoms with van der Waals surface area (Å²) in [4.78, 5) is 17.2. The average Bonchev–Trinajstić information content (AvgIpc) is 3.05. The summed E-state index contributed by atoms with van der Waals surface area (Å²) in [6.45, 7) is 0.711. The maximum Gasteiger partial charge on any atom is 0.261 e. The van der Waals surface area contributed by atoms with Crippen molar-refractivity contribution in [2.45, 2.75) is 50.9 Å². The third kappa shape index (κ3) is 2.76. The molecule has 2 aliphatic carbocycles. The summed E-state index contributed by atoms with van der Waals surface area (Å²) in [6, 6.07) is 0. The number of ether oxygens (including phenoxy) is 1. The van der Waals surface area contributed by atoms with Crippen LogP contribution in [0, 0.1) is 0 Å². The minimum Gasteiger partial charge on any atom is -0.484 e. The minimum atomic E-state index is -0.0284. The van der Waals surface area contributed by atoms with Crippen molar-refractivity contribution in [2.75, 3.05) is 11.9 Å². The molecule has 1 saturated carbocycles. The first-order valence-electron chi connectivity index (χ1n) is 8.92.